The Labute approximate surface area is 119 Å². The number of rotatable bonds is 6. The molecule has 0 aliphatic heterocycles. The van der Waals surface area contributed by atoms with Crippen molar-refractivity contribution in [1.82, 2.24) is 9.88 Å². The molecule has 4 heteroatoms. The summed E-state index contributed by atoms with van der Waals surface area (Å²) in [5.41, 5.74) is 1.11. The van der Waals surface area contributed by atoms with E-state index in [1.807, 2.05) is 24.5 Å². The number of nitrogens with zero attached hydrogens (tertiary/aromatic N) is 2. The molecule has 0 saturated carbocycles. The van der Waals surface area contributed by atoms with Gasteiger partial charge in [0.05, 0.1) is 5.69 Å². The van der Waals surface area contributed by atoms with E-state index in [1.165, 1.54) is 4.88 Å². The molecule has 0 aliphatic carbocycles. The minimum atomic E-state index is 0.502. The second-order valence-electron chi connectivity index (χ2n) is 4.84. The van der Waals surface area contributed by atoms with Crippen LogP contribution in [-0.4, -0.2) is 23.0 Å². The Hall–Kier alpha value is -1.39. The van der Waals surface area contributed by atoms with Gasteiger partial charge in [0.1, 0.15) is 5.82 Å². The van der Waals surface area contributed by atoms with Crippen LogP contribution in [0.15, 0.2) is 35.7 Å². The lowest BCUT2D eigenvalue weighted by Crippen LogP contribution is -2.29. The zero-order chi connectivity index (χ0) is 13.7. The largest absolute Gasteiger partial charge is 0.373 e. The van der Waals surface area contributed by atoms with Crippen LogP contribution in [0.1, 0.15) is 24.4 Å². The van der Waals surface area contributed by atoms with E-state index in [1.54, 1.807) is 0 Å². The van der Waals surface area contributed by atoms with Gasteiger partial charge in [-0.05, 0) is 37.4 Å². The summed E-state index contributed by atoms with van der Waals surface area (Å²) in [6.45, 7) is 6.33. The Morgan fingerprint density at radius 2 is 2.05 bits per heavy atom. The Balaban J connectivity index is 2.07. The monoisotopic (exact) mass is 275 g/mol. The fourth-order valence-corrected chi connectivity index (χ4v) is 2.67. The summed E-state index contributed by atoms with van der Waals surface area (Å²) in [4.78, 5) is 8.43. The van der Waals surface area contributed by atoms with E-state index in [9.17, 15) is 0 Å². The van der Waals surface area contributed by atoms with Gasteiger partial charge in [-0.15, -0.1) is 11.3 Å². The van der Waals surface area contributed by atoms with Crippen molar-refractivity contribution in [3.8, 4) is 0 Å². The molecule has 1 N–H and O–H groups in total. The molecular formula is C15H21N3S. The zero-order valence-electron chi connectivity index (χ0n) is 11.8. The molecule has 2 aromatic heterocycles. The van der Waals surface area contributed by atoms with Crippen LogP contribution in [0.4, 0.5) is 5.82 Å². The summed E-state index contributed by atoms with van der Waals surface area (Å²) < 4.78 is 0. The molecule has 0 aromatic carbocycles. The maximum atomic E-state index is 4.59. The van der Waals surface area contributed by atoms with E-state index in [2.05, 4.69) is 58.7 Å². The minimum Gasteiger partial charge on any atom is -0.373 e. The predicted molar refractivity (Wildman–Crippen MR) is 82.5 cm³/mol. The summed E-state index contributed by atoms with van der Waals surface area (Å²) in [6.07, 6.45) is 0. The molecule has 2 rings (SSSR count). The molecule has 2 heterocycles. The molecule has 3 nitrogen and oxygen atoms in total. The van der Waals surface area contributed by atoms with E-state index < -0.39 is 0 Å². The summed E-state index contributed by atoms with van der Waals surface area (Å²) in [5, 5.41) is 5.22. The van der Waals surface area contributed by atoms with Gasteiger partial charge in [-0.2, -0.15) is 0 Å². The van der Waals surface area contributed by atoms with Gasteiger partial charge in [0.15, 0.2) is 0 Å². The third-order valence-corrected chi connectivity index (χ3v) is 3.96. The van der Waals surface area contributed by atoms with Crippen LogP contribution in [-0.2, 0) is 13.1 Å². The van der Waals surface area contributed by atoms with Crippen molar-refractivity contribution in [3.05, 3.63) is 46.3 Å². The third-order valence-electron chi connectivity index (χ3n) is 3.10. The quantitative estimate of drug-likeness (QED) is 0.873. The minimum absolute atomic E-state index is 0.502. The molecule has 0 saturated heterocycles. The Morgan fingerprint density at radius 3 is 2.68 bits per heavy atom. The molecule has 0 aliphatic rings. The first-order chi connectivity index (χ1) is 9.19. The van der Waals surface area contributed by atoms with E-state index in [4.69, 9.17) is 0 Å². The van der Waals surface area contributed by atoms with Crippen LogP contribution in [0, 0.1) is 0 Å². The standard InChI is InChI=1S/C15H21N3S/c1-12(2)18(11-14-7-5-9-19-14)10-13-6-4-8-15(16-3)17-13/h4-9,12H,10-11H2,1-3H3,(H,16,17). The number of hydrogen-bond acceptors (Lipinski definition) is 4. The van der Waals surface area contributed by atoms with Gasteiger partial charge in [0, 0.05) is 31.1 Å². The molecule has 0 bridgehead atoms. The number of anilines is 1. The van der Waals surface area contributed by atoms with Crippen molar-refractivity contribution in [2.75, 3.05) is 12.4 Å². The van der Waals surface area contributed by atoms with Gasteiger partial charge in [-0.1, -0.05) is 12.1 Å². The maximum Gasteiger partial charge on any atom is 0.126 e. The molecule has 0 spiro atoms. The smallest absolute Gasteiger partial charge is 0.126 e. The zero-order valence-corrected chi connectivity index (χ0v) is 12.6. The fourth-order valence-electron chi connectivity index (χ4n) is 1.94. The van der Waals surface area contributed by atoms with Crippen LogP contribution in [0.3, 0.4) is 0 Å². The summed E-state index contributed by atoms with van der Waals surface area (Å²) in [6, 6.07) is 10.9. The lowest BCUT2D eigenvalue weighted by Gasteiger charge is -2.25. The SMILES string of the molecule is CNc1cccc(CN(Cc2cccs2)C(C)C)n1. The molecule has 0 amide bonds. The molecule has 0 atom stereocenters. The van der Waals surface area contributed by atoms with Gasteiger partial charge in [0.25, 0.3) is 0 Å². The molecule has 0 unspecified atom stereocenters. The number of pyridine rings is 1. The number of hydrogen-bond donors (Lipinski definition) is 1. The Kier molecular flexibility index (Phi) is 4.93. The van der Waals surface area contributed by atoms with Crippen molar-refractivity contribution in [2.24, 2.45) is 0 Å². The van der Waals surface area contributed by atoms with E-state index in [0.717, 1.165) is 24.6 Å². The Bertz CT molecular complexity index is 494. The Morgan fingerprint density at radius 1 is 1.21 bits per heavy atom. The van der Waals surface area contributed by atoms with Gasteiger partial charge >= 0.3 is 0 Å². The summed E-state index contributed by atoms with van der Waals surface area (Å²) in [7, 11) is 1.90. The highest BCUT2D eigenvalue weighted by molar-refractivity contribution is 7.09. The molecule has 2 aromatic rings. The van der Waals surface area contributed by atoms with Crippen molar-refractivity contribution in [1.29, 1.82) is 0 Å². The second kappa shape index (κ2) is 6.68. The second-order valence-corrected chi connectivity index (χ2v) is 5.87. The highest BCUT2D eigenvalue weighted by Gasteiger charge is 2.12. The van der Waals surface area contributed by atoms with Crippen LogP contribution >= 0.6 is 11.3 Å². The van der Waals surface area contributed by atoms with Crippen LogP contribution in [0.5, 0.6) is 0 Å². The highest BCUT2D eigenvalue weighted by atomic mass is 32.1. The molecule has 0 fully saturated rings. The maximum absolute atomic E-state index is 4.59. The van der Waals surface area contributed by atoms with Crippen molar-refractivity contribution in [2.45, 2.75) is 33.0 Å². The first-order valence-corrected chi connectivity index (χ1v) is 7.47. The van der Waals surface area contributed by atoms with Crippen molar-refractivity contribution < 1.29 is 0 Å². The van der Waals surface area contributed by atoms with Crippen molar-refractivity contribution >= 4 is 17.2 Å². The number of thiophene rings is 1. The van der Waals surface area contributed by atoms with Crippen molar-refractivity contribution in [3.63, 3.8) is 0 Å². The van der Waals surface area contributed by atoms with E-state index >= 15 is 0 Å². The van der Waals surface area contributed by atoms with E-state index in [0.29, 0.717) is 6.04 Å². The normalized spacial score (nSPS) is 11.2. The highest BCUT2D eigenvalue weighted by Crippen LogP contribution is 2.16. The first kappa shape index (κ1) is 14.0. The fraction of sp³-hybridized carbons (Fsp3) is 0.400. The van der Waals surface area contributed by atoms with Gasteiger partial charge in [-0.3, -0.25) is 4.90 Å². The molecular weight excluding hydrogens is 254 g/mol. The lowest BCUT2D eigenvalue weighted by atomic mass is 10.2. The van der Waals surface area contributed by atoms with Crippen LogP contribution in [0.25, 0.3) is 0 Å². The van der Waals surface area contributed by atoms with Gasteiger partial charge in [0.2, 0.25) is 0 Å². The van der Waals surface area contributed by atoms with Gasteiger partial charge in [-0.25, -0.2) is 4.98 Å². The molecule has 19 heavy (non-hydrogen) atoms. The first-order valence-electron chi connectivity index (χ1n) is 6.59. The summed E-state index contributed by atoms with van der Waals surface area (Å²) >= 11 is 1.81. The number of nitrogens with one attached hydrogen (secondary N) is 1. The van der Waals surface area contributed by atoms with Crippen LogP contribution in [0.2, 0.25) is 0 Å². The lowest BCUT2D eigenvalue weighted by molar-refractivity contribution is 0.203. The topological polar surface area (TPSA) is 28.2 Å². The molecule has 0 radical (unpaired) electrons. The average molecular weight is 275 g/mol. The van der Waals surface area contributed by atoms with E-state index in [-0.39, 0.29) is 0 Å². The third kappa shape index (κ3) is 4.04. The predicted octanol–water partition coefficient (Wildman–Crippen LogP) is 3.60. The van der Waals surface area contributed by atoms with Crippen LogP contribution < -0.4 is 5.32 Å². The van der Waals surface area contributed by atoms with Gasteiger partial charge < -0.3 is 5.32 Å². The number of aromatic nitrogens is 1. The molecule has 102 valence electrons. The summed E-state index contributed by atoms with van der Waals surface area (Å²) in [5.74, 6) is 0.928. The average Bonchev–Trinajstić information content (AvgIpc) is 2.91.